The first-order chi connectivity index (χ1) is 11.3. The Labute approximate surface area is 144 Å². The first-order valence-electron chi connectivity index (χ1n) is 7.22. The van der Waals surface area contributed by atoms with Gasteiger partial charge in [0, 0.05) is 23.4 Å². The smallest absolute Gasteiger partial charge is 0.157 e. The largest absolute Gasteiger partial charge is 0.340 e. The van der Waals surface area contributed by atoms with Gasteiger partial charge < -0.3 is 5.32 Å². The maximum atomic E-state index is 13.1. The zero-order chi connectivity index (χ0) is 15.6. The molecular weight excluding hydrogens is 327 g/mol. The summed E-state index contributed by atoms with van der Waals surface area (Å²) < 4.78 is 14.8. The van der Waals surface area contributed by atoms with E-state index in [9.17, 15) is 4.39 Å². The van der Waals surface area contributed by atoms with Gasteiger partial charge in [0.15, 0.2) is 5.65 Å². The third-order valence-corrected chi connectivity index (χ3v) is 3.55. The monoisotopic (exact) mass is 340 g/mol. The standard InChI is InChI=1S/C18H13FN4.ClH/c19-14-6-8-15(9-7-14)21-18-12-16(13-4-2-1-3-5-13)22-17-10-11-20-23(17)18;/h1-12,21H;1H. The molecule has 0 fully saturated rings. The lowest BCUT2D eigenvalue weighted by atomic mass is 10.1. The molecule has 0 spiro atoms. The van der Waals surface area contributed by atoms with Crippen LogP contribution in [0.5, 0.6) is 0 Å². The molecule has 0 unspecified atom stereocenters. The molecule has 0 amide bonds. The van der Waals surface area contributed by atoms with E-state index in [-0.39, 0.29) is 18.2 Å². The number of aromatic nitrogens is 3. The van der Waals surface area contributed by atoms with Crippen LogP contribution in [-0.2, 0) is 0 Å². The third kappa shape index (κ3) is 3.07. The molecule has 120 valence electrons. The van der Waals surface area contributed by atoms with E-state index in [1.807, 2.05) is 42.5 Å². The highest BCUT2D eigenvalue weighted by Gasteiger charge is 2.08. The molecule has 0 atom stereocenters. The number of benzene rings is 2. The number of anilines is 2. The van der Waals surface area contributed by atoms with Crippen LogP contribution < -0.4 is 5.32 Å². The van der Waals surface area contributed by atoms with Crippen molar-refractivity contribution in [2.24, 2.45) is 0 Å². The number of nitrogens with one attached hydrogen (secondary N) is 1. The number of hydrogen-bond donors (Lipinski definition) is 1. The molecule has 4 rings (SSSR count). The van der Waals surface area contributed by atoms with Crippen molar-refractivity contribution in [2.45, 2.75) is 0 Å². The van der Waals surface area contributed by atoms with Gasteiger partial charge >= 0.3 is 0 Å². The van der Waals surface area contributed by atoms with E-state index in [2.05, 4.69) is 15.4 Å². The average Bonchev–Trinajstić information content (AvgIpc) is 3.06. The zero-order valence-electron chi connectivity index (χ0n) is 12.6. The van der Waals surface area contributed by atoms with Gasteiger partial charge in [-0.15, -0.1) is 12.4 Å². The predicted octanol–water partition coefficient (Wildman–Crippen LogP) is 4.70. The van der Waals surface area contributed by atoms with Crippen LogP contribution in [0, 0.1) is 5.82 Å². The van der Waals surface area contributed by atoms with Gasteiger partial charge in [0.1, 0.15) is 11.6 Å². The average molecular weight is 341 g/mol. The quantitative estimate of drug-likeness (QED) is 0.587. The van der Waals surface area contributed by atoms with Crippen molar-refractivity contribution in [2.75, 3.05) is 5.32 Å². The molecule has 0 saturated carbocycles. The molecule has 24 heavy (non-hydrogen) atoms. The second-order valence-corrected chi connectivity index (χ2v) is 5.13. The van der Waals surface area contributed by atoms with E-state index in [1.165, 1.54) is 12.1 Å². The van der Waals surface area contributed by atoms with Crippen LogP contribution in [0.15, 0.2) is 72.9 Å². The summed E-state index contributed by atoms with van der Waals surface area (Å²) >= 11 is 0. The van der Waals surface area contributed by atoms with Crippen molar-refractivity contribution in [3.05, 3.63) is 78.7 Å². The SMILES string of the molecule is Cl.Fc1ccc(Nc2cc(-c3ccccc3)nc3ccnn23)cc1. The molecule has 0 aliphatic rings. The molecule has 2 aromatic heterocycles. The third-order valence-electron chi connectivity index (χ3n) is 3.55. The Balaban J connectivity index is 0.00000169. The highest BCUT2D eigenvalue weighted by Crippen LogP contribution is 2.24. The van der Waals surface area contributed by atoms with E-state index in [0.29, 0.717) is 0 Å². The second kappa shape index (κ2) is 6.68. The topological polar surface area (TPSA) is 42.2 Å². The minimum Gasteiger partial charge on any atom is -0.340 e. The van der Waals surface area contributed by atoms with Gasteiger partial charge in [-0.05, 0) is 24.3 Å². The van der Waals surface area contributed by atoms with Crippen LogP contribution in [0.25, 0.3) is 16.9 Å². The molecule has 6 heteroatoms. The van der Waals surface area contributed by atoms with Crippen molar-refractivity contribution in [1.29, 1.82) is 0 Å². The molecule has 0 aliphatic carbocycles. The van der Waals surface area contributed by atoms with Crippen LogP contribution in [-0.4, -0.2) is 14.6 Å². The van der Waals surface area contributed by atoms with E-state index in [4.69, 9.17) is 0 Å². The first-order valence-corrected chi connectivity index (χ1v) is 7.22. The molecule has 0 radical (unpaired) electrons. The Morgan fingerprint density at radius 3 is 2.42 bits per heavy atom. The van der Waals surface area contributed by atoms with Gasteiger partial charge in [-0.2, -0.15) is 9.61 Å². The van der Waals surface area contributed by atoms with Crippen LogP contribution in [0.4, 0.5) is 15.9 Å². The predicted molar refractivity (Wildman–Crippen MR) is 95.4 cm³/mol. The summed E-state index contributed by atoms with van der Waals surface area (Å²) in [5.41, 5.74) is 3.41. The van der Waals surface area contributed by atoms with Gasteiger partial charge in [0.05, 0.1) is 11.9 Å². The summed E-state index contributed by atoms with van der Waals surface area (Å²) in [6, 6.07) is 19.9. The number of hydrogen-bond acceptors (Lipinski definition) is 3. The number of fused-ring (bicyclic) bond motifs is 1. The molecule has 0 saturated heterocycles. The highest BCUT2D eigenvalue weighted by molar-refractivity contribution is 5.85. The highest BCUT2D eigenvalue weighted by atomic mass is 35.5. The Morgan fingerprint density at radius 1 is 0.917 bits per heavy atom. The Bertz CT molecular complexity index is 952. The summed E-state index contributed by atoms with van der Waals surface area (Å²) in [5, 5.41) is 7.55. The van der Waals surface area contributed by atoms with Crippen molar-refractivity contribution < 1.29 is 4.39 Å². The maximum absolute atomic E-state index is 13.1. The van der Waals surface area contributed by atoms with E-state index in [1.54, 1.807) is 22.8 Å². The fraction of sp³-hybridized carbons (Fsp3) is 0. The van der Waals surface area contributed by atoms with Crippen LogP contribution in [0.2, 0.25) is 0 Å². The van der Waals surface area contributed by atoms with Gasteiger partial charge in [0.25, 0.3) is 0 Å². The number of nitrogens with zero attached hydrogens (tertiary/aromatic N) is 3. The van der Waals surface area contributed by atoms with Crippen LogP contribution >= 0.6 is 12.4 Å². The van der Waals surface area contributed by atoms with Crippen LogP contribution in [0.3, 0.4) is 0 Å². The molecule has 4 nitrogen and oxygen atoms in total. The molecule has 2 aromatic carbocycles. The summed E-state index contributed by atoms with van der Waals surface area (Å²) in [6.45, 7) is 0. The normalized spacial score (nSPS) is 10.4. The maximum Gasteiger partial charge on any atom is 0.157 e. The van der Waals surface area contributed by atoms with E-state index < -0.39 is 0 Å². The zero-order valence-corrected chi connectivity index (χ0v) is 13.4. The molecular formula is C18H14ClFN4. The van der Waals surface area contributed by atoms with Crippen molar-refractivity contribution in [1.82, 2.24) is 14.6 Å². The summed E-state index contributed by atoms with van der Waals surface area (Å²) in [7, 11) is 0. The fourth-order valence-corrected chi connectivity index (χ4v) is 2.44. The lowest BCUT2D eigenvalue weighted by Crippen LogP contribution is -2.02. The summed E-state index contributed by atoms with van der Waals surface area (Å²) in [4.78, 5) is 4.62. The minimum absolute atomic E-state index is 0. The first kappa shape index (κ1) is 16.0. The van der Waals surface area contributed by atoms with Gasteiger partial charge in [-0.3, -0.25) is 0 Å². The van der Waals surface area contributed by atoms with Crippen molar-refractivity contribution in [3.63, 3.8) is 0 Å². The Hall–Kier alpha value is -2.92. The lowest BCUT2D eigenvalue weighted by molar-refractivity contribution is 0.628. The Kier molecular flexibility index (Phi) is 4.44. The summed E-state index contributed by atoms with van der Waals surface area (Å²) in [6.07, 6.45) is 1.70. The second-order valence-electron chi connectivity index (χ2n) is 5.13. The molecule has 0 aliphatic heterocycles. The van der Waals surface area contributed by atoms with Crippen LogP contribution in [0.1, 0.15) is 0 Å². The van der Waals surface area contributed by atoms with Gasteiger partial charge in [0.2, 0.25) is 0 Å². The molecule has 4 aromatic rings. The Morgan fingerprint density at radius 2 is 1.67 bits per heavy atom. The molecule has 2 heterocycles. The molecule has 0 bridgehead atoms. The van der Waals surface area contributed by atoms with Gasteiger partial charge in [-0.1, -0.05) is 30.3 Å². The fourth-order valence-electron chi connectivity index (χ4n) is 2.44. The van der Waals surface area contributed by atoms with E-state index >= 15 is 0 Å². The lowest BCUT2D eigenvalue weighted by Gasteiger charge is -2.10. The summed E-state index contributed by atoms with van der Waals surface area (Å²) in [5.74, 6) is 0.505. The number of halogens is 2. The minimum atomic E-state index is -0.264. The van der Waals surface area contributed by atoms with E-state index in [0.717, 1.165) is 28.4 Å². The van der Waals surface area contributed by atoms with Crippen molar-refractivity contribution in [3.8, 4) is 11.3 Å². The van der Waals surface area contributed by atoms with Crippen molar-refractivity contribution >= 4 is 29.6 Å². The molecule has 1 N–H and O–H groups in total. The van der Waals surface area contributed by atoms with Gasteiger partial charge in [-0.25, -0.2) is 9.37 Å². The number of rotatable bonds is 3.